The number of benzene rings is 3. The number of nitrogens with one attached hydrogen (secondary N) is 1. The molecule has 0 fully saturated rings. The fourth-order valence-corrected chi connectivity index (χ4v) is 4.28. The first kappa shape index (κ1) is 28.1. The van der Waals surface area contributed by atoms with E-state index in [0.717, 1.165) is 16.7 Å². The van der Waals surface area contributed by atoms with Crippen LogP contribution in [0.25, 0.3) is 0 Å². The molecule has 1 N–H and O–H groups in total. The van der Waals surface area contributed by atoms with Crippen LogP contribution >= 0.6 is 11.6 Å². The summed E-state index contributed by atoms with van der Waals surface area (Å²) >= 11 is 6.07. The standard InChI is InChI=1S/C30H35ClN2O4/c1-4-36-27-17-13-23(20-28(27)37-5-2)14-18-29(34)33(21-24-11-15-25(31)16-12-24)26(30(35)32-3)19-22-9-7-6-8-10-22/h6-13,15-17,20,26H,4-5,14,18-19,21H2,1-3H3,(H,32,35). The molecule has 0 aliphatic rings. The Kier molecular flexibility index (Phi) is 10.8. The molecule has 0 aromatic heterocycles. The summed E-state index contributed by atoms with van der Waals surface area (Å²) in [6.45, 7) is 5.21. The number of likely N-dealkylation sites (N-methyl/N-ethyl adjacent to an activating group) is 1. The fourth-order valence-electron chi connectivity index (χ4n) is 4.15. The summed E-state index contributed by atoms with van der Waals surface area (Å²) < 4.78 is 11.4. The SMILES string of the molecule is CCOc1ccc(CCC(=O)N(Cc2ccc(Cl)cc2)C(Cc2ccccc2)C(=O)NC)cc1OCC. The van der Waals surface area contributed by atoms with Gasteiger partial charge in [-0.05, 0) is 61.2 Å². The third kappa shape index (κ3) is 8.25. The third-order valence-electron chi connectivity index (χ3n) is 6.02. The predicted octanol–water partition coefficient (Wildman–Crippen LogP) is 5.46. The van der Waals surface area contributed by atoms with E-state index in [1.807, 2.05) is 74.5 Å². The highest BCUT2D eigenvalue weighted by molar-refractivity contribution is 6.30. The summed E-state index contributed by atoms with van der Waals surface area (Å²) in [5.74, 6) is 1.04. The van der Waals surface area contributed by atoms with Crippen LogP contribution in [0.1, 0.15) is 37.0 Å². The maximum atomic E-state index is 13.7. The van der Waals surface area contributed by atoms with Gasteiger partial charge in [0.05, 0.1) is 13.2 Å². The molecule has 0 radical (unpaired) electrons. The summed E-state index contributed by atoms with van der Waals surface area (Å²) in [7, 11) is 1.60. The number of hydrogen-bond acceptors (Lipinski definition) is 4. The Hall–Kier alpha value is -3.51. The van der Waals surface area contributed by atoms with Crippen molar-refractivity contribution in [2.45, 2.75) is 45.7 Å². The highest BCUT2D eigenvalue weighted by atomic mass is 35.5. The van der Waals surface area contributed by atoms with Crippen molar-refractivity contribution in [1.82, 2.24) is 10.2 Å². The predicted molar refractivity (Wildman–Crippen MR) is 147 cm³/mol. The van der Waals surface area contributed by atoms with Crippen LogP contribution in [-0.2, 0) is 29.0 Å². The molecule has 6 nitrogen and oxygen atoms in total. The minimum atomic E-state index is -0.658. The Morgan fingerprint density at radius 3 is 2.16 bits per heavy atom. The van der Waals surface area contributed by atoms with Gasteiger partial charge in [-0.2, -0.15) is 0 Å². The second-order valence-electron chi connectivity index (χ2n) is 8.61. The van der Waals surface area contributed by atoms with Crippen molar-refractivity contribution in [3.8, 4) is 11.5 Å². The van der Waals surface area contributed by atoms with Crippen molar-refractivity contribution in [3.05, 3.63) is 94.5 Å². The first-order valence-corrected chi connectivity index (χ1v) is 13.0. The monoisotopic (exact) mass is 522 g/mol. The number of halogens is 1. The van der Waals surface area contributed by atoms with Crippen LogP contribution in [0.2, 0.25) is 5.02 Å². The van der Waals surface area contributed by atoms with Gasteiger partial charge in [0, 0.05) is 31.5 Å². The van der Waals surface area contributed by atoms with Gasteiger partial charge in [-0.25, -0.2) is 0 Å². The van der Waals surface area contributed by atoms with Gasteiger partial charge in [-0.3, -0.25) is 9.59 Å². The Bertz CT molecular complexity index is 1150. The number of amides is 2. The van der Waals surface area contributed by atoms with Crippen molar-refractivity contribution >= 4 is 23.4 Å². The molecule has 196 valence electrons. The molecule has 0 bridgehead atoms. The summed E-state index contributed by atoms with van der Waals surface area (Å²) in [5, 5.41) is 3.36. The number of hydrogen-bond donors (Lipinski definition) is 1. The topological polar surface area (TPSA) is 67.9 Å². The zero-order chi connectivity index (χ0) is 26.6. The van der Waals surface area contributed by atoms with Crippen molar-refractivity contribution in [2.24, 2.45) is 0 Å². The molecule has 2 amide bonds. The molecule has 0 saturated carbocycles. The van der Waals surface area contributed by atoms with E-state index in [4.69, 9.17) is 21.1 Å². The molecule has 0 spiro atoms. The van der Waals surface area contributed by atoms with Gasteiger partial charge in [0.2, 0.25) is 11.8 Å². The smallest absolute Gasteiger partial charge is 0.242 e. The van der Waals surface area contributed by atoms with E-state index >= 15 is 0 Å². The molecule has 3 aromatic carbocycles. The molecule has 3 rings (SSSR count). The first-order valence-electron chi connectivity index (χ1n) is 12.6. The molecular formula is C30H35ClN2O4. The Morgan fingerprint density at radius 1 is 0.865 bits per heavy atom. The fraction of sp³-hybridized carbons (Fsp3) is 0.333. The van der Waals surface area contributed by atoms with Crippen LogP contribution in [0.5, 0.6) is 11.5 Å². The summed E-state index contributed by atoms with van der Waals surface area (Å²) in [4.78, 5) is 28.4. The average Bonchev–Trinajstić information content (AvgIpc) is 2.92. The zero-order valence-corrected chi connectivity index (χ0v) is 22.5. The second-order valence-corrected chi connectivity index (χ2v) is 9.05. The lowest BCUT2D eigenvalue weighted by Crippen LogP contribution is -2.49. The molecule has 3 aromatic rings. The van der Waals surface area contributed by atoms with Crippen LogP contribution in [0.4, 0.5) is 0 Å². The maximum absolute atomic E-state index is 13.7. The van der Waals surface area contributed by atoms with Gasteiger partial charge < -0.3 is 19.7 Å². The number of aryl methyl sites for hydroxylation is 1. The van der Waals surface area contributed by atoms with Crippen LogP contribution in [-0.4, -0.2) is 43.0 Å². The lowest BCUT2D eigenvalue weighted by molar-refractivity contribution is -0.141. The molecule has 0 saturated heterocycles. The molecule has 0 aliphatic carbocycles. The van der Waals surface area contributed by atoms with Gasteiger partial charge in [-0.1, -0.05) is 60.1 Å². The van der Waals surface area contributed by atoms with Crippen molar-refractivity contribution < 1.29 is 19.1 Å². The Balaban J connectivity index is 1.85. The Morgan fingerprint density at radius 2 is 1.51 bits per heavy atom. The second kappa shape index (κ2) is 14.3. The average molecular weight is 523 g/mol. The van der Waals surface area contributed by atoms with Crippen LogP contribution in [0.3, 0.4) is 0 Å². The van der Waals surface area contributed by atoms with Crippen LogP contribution < -0.4 is 14.8 Å². The van der Waals surface area contributed by atoms with Gasteiger partial charge >= 0.3 is 0 Å². The summed E-state index contributed by atoms with van der Waals surface area (Å²) in [6.07, 6.45) is 1.17. The highest BCUT2D eigenvalue weighted by Crippen LogP contribution is 2.29. The van der Waals surface area contributed by atoms with E-state index in [0.29, 0.717) is 49.1 Å². The number of nitrogens with zero attached hydrogens (tertiary/aromatic N) is 1. The molecule has 7 heteroatoms. The van der Waals surface area contributed by atoms with Crippen LogP contribution in [0, 0.1) is 0 Å². The lowest BCUT2D eigenvalue weighted by atomic mass is 10.0. The van der Waals surface area contributed by atoms with E-state index in [1.165, 1.54) is 0 Å². The lowest BCUT2D eigenvalue weighted by Gasteiger charge is -2.31. The normalized spacial score (nSPS) is 11.5. The number of ether oxygens (including phenoxy) is 2. The van der Waals surface area contributed by atoms with E-state index in [2.05, 4.69) is 5.32 Å². The number of carbonyl (C=O) groups is 2. The minimum Gasteiger partial charge on any atom is -0.490 e. The molecular weight excluding hydrogens is 488 g/mol. The van der Waals surface area contributed by atoms with Gasteiger partial charge in [-0.15, -0.1) is 0 Å². The maximum Gasteiger partial charge on any atom is 0.242 e. The van der Waals surface area contributed by atoms with Gasteiger partial charge in [0.15, 0.2) is 11.5 Å². The number of carbonyl (C=O) groups excluding carboxylic acids is 2. The summed E-state index contributed by atoms with van der Waals surface area (Å²) in [6, 6.07) is 22.2. The molecule has 1 unspecified atom stereocenters. The van der Waals surface area contributed by atoms with E-state index in [9.17, 15) is 9.59 Å². The van der Waals surface area contributed by atoms with Crippen molar-refractivity contribution in [3.63, 3.8) is 0 Å². The third-order valence-corrected chi connectivity index (χ3v) is 6.27. The highest BCUT2D eigenvalue weighted by Gasteiger charge is 2.29. The van der Waals surface area contributed by atoms with Gasteiger partial charge in [0.1, 0.15) is 6.04 Å². The van der Waals surface area contributed by atoms with Crippen molar-refractivity contribution in [2.75, 3.05) is 20.3 Å². The molecule has 37 heavy (non-hydrogen) atoms. The van der Waals surface area contributed by atoms with Crippen molar-refractivity contribution in [1.29, 1.82) is 0 Å². The van der Waals surface area contributed by atoms with Gasteiger partial charge in [0.25, 0.3) is 0 Å². The molecule has 0 heterocycles. The minimum absolute atomic E-state index is 0.105. The number of rotatable bonds is 13. The van der Waals surface area contributed by atoms with E-state index < -0.39 is 6.04 Å². The van der Waals surface area contributed by atoms with Crippen LogP contribution in [0.15, 0.2) is 72.8 Å². The summed E-state index contributed by atoms with van der Waals surface area (Å²) in [5.41, 5.74) is 2.85. The quantitative estimate of drug-likeness (QED) is 0.324. The zero-order valence-electron chi connectivity index (χ0n) is 21.7. The van der Waals surface area contributed by atoms with E-state index in [1.54, 1.807) is 24.1 Å². The largest absolute Gasteiger partial charge is 0.490 e. The van der Waals surface area contributed by atoms with E-state index in [-0.39, 0.29) is 18.2 Å². The molecule has 1 atom stereocenters. The first-order chi connectivity index (χ1) is 17.9. The Labute approximate surface area is 224 Å². The molecule has 0 aliphatic heterocycles.